The number of benzene rings is 1. The van der Waals surface area contributed by atoms with Gasteiger partial charge in [-0.15, -0.1) is 0 Å². The molecule has 2 heterocycles. The summed E-state index contributed by atoms with van der Waals surface area (Å²) in [7, 11) is 0. The smallest absolute Gasteiger partial charge is 0.272 e. The normalized spacial score (nSPS) is 15.4. The van der Waals surface area contributed by atoms with Gasteiger partial charge in [0, 0.05) is 24.0 Å². The Kier molecular flexibility index (Phi) is 3.34. The second kappa shape index (κ2) is 5.17. The number of aromatic nitrogens is 1. The summed E-state index contributed by atoms with van der Waals surface area (Å²) in [4.78, 5) is 28.5. The number of anilines is 1. The second-order valence-electron chi connectivity index (χ2n) is 4.83. The van der Waals surface area contributed by atoms with Crippen LogP contribution in [0.1, 0.15) is 10.4 Å². The molecule has 0 bridgehead atoms. The zero-order valence-electron chi connectivity index (χ0n) is 11.2. The van der Waals surface area contributed by atoms with Crippen molar-refractivity contribution in [3.63, 3.8) is 0 Å². The van der Waals surface area contributed by atoms with E-state index < -0.39 is 17.3 Å². The summed E-state index contributed by atoms with van der Waals surface area (Å²) in [5.41, 5.74) is 5.64. The van der Waals surface area contributed by atoms with Crippen molar-refractivity contribution >= 4 is 22.5 Å². The van der Waals surface area contributed by atoms with Gasteiger partial charge in [-0.2, -0.15) is 0 Å². The average Bonchev–Trinajstić information content (AvgIpc) is 2.47. The number of halogens is 1. The van der Waals surface area contributed by atoms with Crippen LogP contribution in [-0.4, -0.2) is 37.2 Å². The van der Waals surface area contributed by atoms with Gasteiger partial charge in [-0.25, -0.2) is 4.39 Å². The highest BCUT2D eigenvalue weighted by Crippen LogP contribution is 2.25. The summed E-state index contributed by atoms with van der Waals surface area (Å²) in [6, 6.07) is 3.84. The molecule has 3 rings (SSSR count). The molecule has 0 aliphatic carbocycles. The maximum Gasteiger partial charge on any atom is 0.272 e. The van der Waals surface area contributed by atoms with E-state index in [0.29, 0.717) is 37.2 Å². The molecule has 1 aliphatic heterocycles. The average molecular weight is 291 g/mol. The number of nitrogens with zero attached hydrogens (tertiary/aromatic N) is 1. The van der Waals surface area contributed by atoms with E-state index in [2.05, 4.69) is 4.98 Å². The van der Waals surface area contributed by atoms with E-state index in [1.807, 2.05) is 0 Å². The first-order valence-electron chi connectivity index (χ1n) is 6.56. The van der Waals surface area contributed by atoms with Crippen LogP contribution in [0.2, 0.25) is 0 Å². The highest BCUT2D eigenvalue weighted by atomic mass is 19.1. The van der Waals surface area contributed by atoms with Crippen LogP contribution in [0.3, 0.4) is 0 Å². The number of nitrogens with one attached hydrogen (secondary N) is 1. The maximum absolute atomic E-state index is 13.5. The number of hydrogen-bond donors (Lipinski definition) is 2. The first-order valence-corrected chi connectivity index (χ1v) is 6.56. The van der Waals surface area contributed by atoms with Gasteiger partial charge >= 0.3 is 0 Å². The monoisotopic (exact) mass is 291 g/mol. The van der Waals surface area contributed by atoms with Crippen molar-refractivity contribution in [2.24, 2.45) is 5.73 Å². The molecule has 0 spiro atoms. The van der Waals surface area contributed by atoms with Crippen LogP contribution in [0, 0.1) is 5.82 Å². The third-order valence-corrected chi connectivity index (χ3v) is 3.52. The van der Waals surface area contributed by atoms with E-state index in [-0.39, 0.29) is 11.3 Å². The van der Waals surface area contributed by atoms with E-state index in [1.165, 1.54) is 18.2 Å². The Morgan fingerprint density at radius 1 is 1.33 bits per heavy atom. The van der Waals surface area contributed by atoms with Gasteiger partial charge in [0.1, 0.15) is 11.5 Å². The first-order chi connectivity index (χ1) is 10.1. The third-order valence-electron chi connectivity index (χ3n) is 3.52. The summed E-state index contributed by atoms with van der Waals surface area (Å²) in [6.45, 7) is 1.87. The SMILES string of the molecule is NC(=O)c1c(N2CCOCC2)c(=O)[nH]c2ccc(F)cc12. The molecule has 0 unspecified atom stereocenters. The lowest BCUT2D eigenvalue weighted by atomic mass is 10.1. The predicted molar refractivity (Wildman–Crippen MR) is 76.1 cm³/mol. The third kappa shape index (κ3) is 2.36. The molecule has 21 heavy (non-hydrogen) atoms. The minimum absolute atomic E-state index is 0.0511. The molecule has 2 aromatic rings. The number of pyridine rings is 1. The van der Waals surface area contributed by atoms with Crippen molar-refractivity contribution < 1.29 is 13.9 Å². The molecule has 110 valence electrons. The van der Waals surface area contributed by atoms with Crippen molar-refractivity contribution in [1.82, 2.24) is 4.98 Å². The first kappa shape index (κ1) is 13.6. The van der Waals surface area contributed by atoms with Gasteiger partial charge in [-0.05, 0) is 18.2 Å². The quantitative estimate of drug-likeness (QED) is 0.848. The fraction of sp³-hybridized carbons (Fsp3) is 0.286. The van der Waals surface area contributed by atoms with E-state index in [9.17, 15) is 14.0 Å². The van der Waals surface area contributed by atoms with Gasteiger partial charge in [0.05, 0.1) is 18.8 Å². The minimum atomic E-state index is -0.752. The fourth-order valence-corrected chi connectivity index (χ4v) is 2.59. The molecule has 1 aromatic carbocycles. The largest absolute Gasteiger partial charge is 0.378 e. The standard InChI is InChI=1S/C14H14FN3O3/c15-8-1-2-10-9(7-8)11(13(16)19)12(14(20)17-10)18-3-5-21-6-4-18/h1-2,7H,3-6H2,(H2,16,19)(H,17,20). The fourth-order valence-electron chi connectivity index (χ4n) is 2.59. The molecule has 0 radical (unpaired) electrons. The highest BCUT2D eigenvalue weighted by molar-refractivity contribution is 6.10. The summed E-state index contributed by atoms with van der Waals surface area (Å²) < 4.78 is 18.7. The summed E-state index contributed by atoms with van der Waals surface area (Å²) >= 11 is 0. The van der Waals surface area contributed by atoms with Crippen molar-refractivity contribution in [2.45, 2.75) is 0 Å². The van der Waals surface area contributed by atoms with Gasteiger partial charge in [0.25, 0.3) is 11.5 Å². The summed E-state index contributed by atoms with van der Waals surface area (Å²) in [6.07, 6.45) is 0. The molecule has 0 atom stereocenters. The zero-order chi connectivity index (χ0) is 15.0. The number of fused-ring (bicyclic) bond motifs is 1. The second-order valence-corrected chi connectivity index (χ2v) is 4.83. The number of morpholine rings is 1. The molecule has 1 amide bonds. The Balaban J connectivity index is 2.31. The van der Waals surface area contributed by atoms with Crippen molar-refractivity contribution in [3.05, 3.63) is 39.9 Å². The van der Waals surface area contributed by atoms with Crippen LogP contribution in [0.15, 0.2) is 23.0 Å². The molecule has 6 nitrogen and oxygen atoms in total. The Bertz CT molecular complexity index is 766. The summed E-state index contributed by atoms with van der Waals surface area (Å²) in [5, 5.41) is 0.309. The molecular weight excluding hydrogens is 277 g/mol. The van der Waals surface area contributed by atoms with Crippen LogP contribution >= 0.6 is 0 Å². The Morgan fingerprint density at radius 3 is 2.71 bits per heavy atom. The highest BCUT2D eigenvalue weighted by Gasteiger charge is 2.23. The molecule has 7 heteroatoms. The number of carbonyl (C=O) groups is 1. The lowest BCUT2D eigenvalue weighted by molar-refractivity contribution is 0.1000. The number of nitrogens with two attached hydrogens (primary N) is 1. The van der Waals surface area contributed by atoms with Crippen LogP contribution in [-0.2, 0) is 4.74 Å². The van der Waals surface area contributed by atoms with Crippen LogP contribution < -0.4 is 16.2 Å². The van der Waals surface area contributed by atoms with Gasteiger partial charge in [0.15, 0.2) is 0 Å². The van der Waals surface area contributed by atoms with Crippen molar-refractivity contribution in [1.29, 1.82) is 0 Å². The van der Waals surface area contributed by atoms with E-state index in [4.69, 9.17) is 10.5 Å². The van der Waals surface area contributed by atoms with Crippen molar-refractivity contribution in [2.75, 3.05) is 31.2 Å². The van der Waals surface area contributed by atoms with Gasteiger partial charge in [-0.1, -0.05) is 0 Å². The van der Waals surface area contributed by atoms with Crippen LogP contribution in [0.5, 0.6) is 0 Å². The van der Waals surface area contributed by atoms with E-state index in [1.54, 1.807) is 4.90 Å². The summed E-state index contributed by atoms with van der Waals surface area (Å²) in [5.74, 6) is -1.25. The maximum atomic E-state index is 13.5. The molecule has 3 N–H and O–H groups in total. The number of H-pyrrole nitrogens is 1. The number of amides is 1. The van der Waals surface area contributed by atoms with E-state index >= 15 is 0 Å². The van der Waals surface area contributed by atoms with Crippen LogP contribution in [0.4, 0.5) is 10.1 Å². The number of hydrogen-bond acceptors (Lipinski definition) is 4. The molecule has 1 aliphatic rings. The molecule has 1 saturated heterocycles. The van der Waals surface area contributed by atoms with Gasteiger partial charge in [0.2, 0.25) is 0 Å². The number of ether oxygens (including phenoxy) is 1. The lowest BCUT2D eigenvalue weighted by Gasteiger charge is -2.29. The Hall–Kier alpha value is -2.41. The Morgan fingerprint density at radius 2 is 2.05 bits per heavy atom. The van der Waals surface area contributed by atoms with Gasteiger partial charge < -0.3 is 20.4 Å². The number of aromatic amines is 1. The number of rotatable bonds is 2. The molecule has 0 saturated carbocycles. The number of carbonyl (C=O) groups excluding carboxylic acids is 1. The predicted octanol–water partition coefficient (Wildman–Crippen LogP) is 0.603. The molecular formula is C14H14FN3O3. The lowest BCUT2D eigenvalue weighted by Crippen LogP contribution is -2.41. The molecule has 1 aromatic heterocycles. The number of primary amides is 1. The van der Waals surface area contributed by atoms with Crippen LogP contribution in [0.25, 0.3) is 10.9 Å². The topological polar surface area (TPSA) is 88.4 Å². The van der Waals surface area contributed by atoms with Crippen molar-refractivity contribution in [3.8, 4) is 0 Å². The van der Waals surface area contributed by atoms with E-state index in [0.717, 1.165) is 0 Å². The zero-order valence-corrected chi connectivity index (χ0v) is 11.2. The Labute approximate surface area is 119 Å². The minimum Gasteiger partial charge on any atom is -0.378 e. The molecule has 1 fully saturated rings. The van der Waals surface area contributed by atoms with Gasteiger partial charge in [-0.3, -0.25) is 9.59 Å².